The summed E-state index contributed by atoms with van der Waals surface area (Å²) >= 11 is 6.22. The van der Waals surface area contributed by atoms with E-state index >= 15 is 0 Å². The van der Waals surface area contributed by atoms with Gasteiger partial charge in [-0.25, -0.2) is 4.98 Å². The van der Waals surface area contributed by atoms with E-state index in [1.165, 1.54) is 0 Å². The molecule has 0 bridgehead atoms. The average molecular weight is 369 g/mol. The van der Waals surface area contributed by atoms with E-state index in [0.29, 0.717) is 12.4 Å². The number of hydrogen-bond donors (Lipinski definition) is 2. The number of H-pyrrole nitrogens is 1. The van der Waals surface area contributed by atoms with Crippen LogP contribution in [-0.4, -0.2) is 21.3 Å². The second-order valence-electron chi connectivity index (χ2n) is 6.56. The van der Waals surface area contributed by atoms with E-state index in [-0.39, 0.29) is 5.56 Å². The monoisotopic (exact) mass is 368 g/mol. The molecule has 4 rings (SSSR count). The van der Waals surface area contributed by atoms with Crippen molar-refractivity contribution in [1.29, 1.82) is 0 Å². The van der Waals surface area contributed by atoms with Gasteiger partial charge in [0.2, 0.25) is 0 Å². The van der Waals surface area contributed by atoms with Crippen molar-refractivity contribution in [2.45, 2.75) is 32.1 Å². The molecule has 0 saturated carbocycles. The zero-order chi connectivity index (χ0) is 17.9. The van der Waals surface area contributed by atoms with Gasteiger partial charge in [-0.1, -0.05) is 29.8 Å². The Balaban J connectivity index is 1.57. The molecule has 2 N–H and O–H groups in total. The van der Waals surface area contributed by atoms with Crippen LogP contribution < -0.4 is 10.9 Å². The zero-order valence-corrected chi connectivity index (χ0v) is 15.2. The second kappa shape index (κ2) is 7.38. The third kappa shape index (κ3) is 3.27. The van der Waals surface area contributed by atoms with Crippen molar-refractivity contribution in [3.8, 4) is 5.82 Å². The van der Waals surface area contributed by atoms with Crippen LogP contribution in [0.2, 0.25) is 5.02 Å². The molecule has 6 heteroatoms. The molecule has 0 saturated heterocycles. The molecule has 134 valence electrons. The van der Waals surface area contributed by atoms with Gasteiger partial charge < -0.3 is 5.32 Å². The van der Waals surface area contributed by atoms with Crippen LogP contribution in [0.4, 0.5) is 5.69 Å². The number of halogens is 1. The SMILES string of the molecule is O=c1c2c([nH]n1-c1ncccc1NCCc1ccccc1Cl)CCCC2. The molecule has 0 fully saturated rings. The van der Waals surface area contributed by atoms with Crippen molar-refractivity contribution in [3.63, 3.8) is 0 Å². The summed E-state index contributed by atoms with van der Waals surface area (Å²) < 4.78 is 1.58. The lowest BCUT2D eigenvalue weighted by atomic mass is 9.98. The molecule has 1 aliphatic rings. The summed E-state index contributed by atoms with van der Waals surface area (Å²) in [5.41, 5.74) is 3.91. The quantitative estimate of drug-likeness (QED) is 0.721. The molecule has 3 aromatic rings. The van der Waals surface area contributed by atoms with Gasteiger partial charge in [-0.05, 0) is 55.9 Å². The van der Waals surface area contributed by atoms with Crippen molar-refractivity contribution in [2.75, 3.05) is 11.9 Å². The van der Waals surface area contributed by atoms with Crippen LogP contribution in [0.25, 0.3) is 5.82 Å². The van der Waals surface area contributed by atoms with Gasteiger partial charge in [-0.2, -0.15) is 4.68 Å². The van der Waals surface area contributed by atoms with E-state index in [1.54, 1.807) is 10.9 Å². The maximum atomic E-state index is 12.8. The van der Waals surface area contributed by atoms with Gasteiger partial charge in [-0.3, -0.25) is 9.89 Å². The number of pyridine rings is 1. The maximum absolute atomic E-state index is 12.8. The van der Waals surface area contributed by atoms with Gasteiger partial charge >= 0.3 is 0 Å². The van der Waals surface area contributed by atoms with Gasteiger partial charge in [0, 0.05) is 29.0 Å². The van der Waals surface area contributed by atoms with E-state index < -0.39 is 0 Å². The summed E-state index contributed by atoms with van der Waals surface area (Å²) in [6, 6.07) is 11.7. The minimum atomic E-state index is 0.0209. The van der Waals surface area contributed by atoms with E-state index in [0.717, 1.165) is 59.6 Å². The minimum absolute atomic E-state index is 0.0209. The number of fused-ring (bicyclic) bond motifs is 1. The molecule has 26 heavy (non-hydrogen) atoms. The van der Waals surface area contributed by atoms with Crippen LogP contribution in [0, 0.1) is 0 Å². The average Bonchev–Trinajstić information content (AvgIpc) is 3.01. The van der Waals surface area contributed by atoms with Crippen LogP contribution >= 0.6 is 11.6 Å². The Labute approximate surface area is 157 Å². The van der Waals surface area contributed by atoms with Crippen LogP contribution in [0.15, 0.2) is 47.4 Å². The summed E-state index contributed by atoms with van der Waals surface area (Å²) in [4.78, 5) is 17.2. The Hall–Kier alpha value is -2.53. The molecule has 0 radical (unpaired) electrons. The third-order valence-electron chi connectivity index (χ3n) is 4.84. The number of nitrogens with one attached hydrogen (secondary N) is 2. The molecule has 5 nitrogen and oxygen atoms in total. The van der Waals surface area contributed by atoms with Crippen molar-refractivity contribution in [1.82, 2.24) is 14.8 Å². The number of nitrogens with zero attached hydrogens (tertiary/aromatic N) is 2. The number of anilines is 1. The fraction of sp³-hybridized carbons (Fsp3) is 0.300. The Morgan fingerprint density at radius 3 is 2.85 bits per heavy atom. The standard InChI is InChI=1S/C20H21ClN4O/c21-16-8-3-1-6-14(16)11-13-22-18-10-5-12-23-19(18)25-20(26)15-7-2-4-9-17(15)24-25/h1,3,5-6,8,10,12,22,24H,2,4,7,9,11,13H2. The lowest BCUT2D eigenvalue weighted by molar-refractivity contribution is 0.670. The van der Waals surface area contributed by atoms with Crippen molar-refractivity contribution in [2.24, 2.45) is 0 Å². The Kier molecular flexibility index (Phi) is 4.80. The number of aryl methyl sites for hydroxylation is 1. The molecule has 0 unspecified atom stereocenters. The number of aromatic amines is 1. The summed E-state index contributed by atoms with van der Waals surface area (Å²) in [6.07, 6.45) is 6.48. The van der Waals surface area contributed by atoms with E-state index in [9.17, 15) is 4.79 Å². The number of hydrogen-bond acceptors (Lipinski definition) is 3. The third-order valence-corrected chi connectivity index (χ3v) is 5.21. The van der Waals surface area contributed by atoms with E-state index in [1.807, 2.05) is 36.4 Å². The molecule has 0 spiro atoms. The van der Waals surface area contributed by atoms with Crippen molar-refractivity contribution >= 4 is 17.3 Å². The lowest BCUT2D eigenvalue weighted by Crippen LogP contribution is -2.20. The normalized spacial score (nSPS) is 13.4. The first-order valence-electron chi connectivity index (χ1n) is 8.99. The van der Waals surface area contributed by atoms with Crippen LogP contribution in [0.5, 0.6) is 0 Å². The fourth-order valence-corrected chi connectivity index (χ4v) is 3.71. The molecular formula is C20H21ClN4O. The van der Waals surface area contributed by atoms with Gasteiger partial charge in [0.1, 0.15) is 0 Å². The molecule has 0 aliphatic heterocycles. The first-order valence-corrected chi connectivity index (χ1v) is 9.37. The van der Waals surface area contributed by atoms with Crippen LogP contribution in [0.3, 0.4) is 0 Å². The highest BCUT2D eigenvalue weighted by Crippen LogP contribution is 2.21. The second-order valence-corrected chi connectivity index (χ2v) is 6.97. The number of rotatable bonds is 5. The topological polar surface area (TPSA) is 62.7 Å². The highest BCUT2D eigenvalue weighted by atomic mass is 35.5. The highest BCUT2D eigenvalue weighted by molar-refractivity contribution is 6.31. The molecule has 2 heterocycles. The maximum Gasteiger partial charge on any atom is 0.276 e. The first kappa shape index (κ1) is 16.9. The summed E-state index contributed by atoms with van der Waals surface area (Å²) in [5.74, 6) is 0.617. The predicted molar refractivity (Wildman–Crippen MR) is 104 cm³/mol. The molecule has 0 atom stereocenters. The molecule has 2 aromatic heterocycles. The summed E-state index contributed by atoms with van der Waals surface area (Å²) in [7, 11) is 0. The van der Waals surface area contributed by atoms with Gasteiger partial charge in [0.05, 0.1) is 5.69 Å². The van der Waals surface area contributed by atoms with Gasteiger partial charge in [0.15, 0.2) is 5.82 Å². The largest absolute Gasteiger partial charge is 0.382 e. The number of aromatic nitrogens is 3. The fourth-order valence-electron chi connectivity index (χ4n) is 3.48. The minimum Gasteiger partial charge on any atom is -0.382 e. The first-order chi connectivity index (χ1) is 12.7. The molecule has 1 aliphatic carbocycles. The molecule has 1 aromatic carbocycles. The van der Waals surface area contributed by atoms with Crippen LogP contribution in [-0.2, 0) is 19.3 Å². The zero-order valence-electron chi connectivity index (χ0n) is 14.5. The molecular weight excluding hydrogens is 348 g/mol. The highest BCUT2D eigenvalue weighted by Gasteiger charge is 2.20. The summed E-state index contributed by atoms with van der Waals surface area (Å²) in [6.45, 7) is 0.706. The summed E-state index contributed by atoms with van der Waals surface area (Å²) in [5, 5.41) is 7.42. The van der Waals surface area contributed by atoms with Crippen LogP contribution in [0.1, 0.15) is 29.7 Å². The van der Waals surface area contributed by atoms with Crippen molar-refractivity contribution in [3.05, 3.63) is 74.8 Å². The predicted octanol–water partition coefficient (Wildman–Crippen LogP) is 3.75. The smallest absolute Gasteiger partial charge is 0.276 e. The van der Waals surface area contributed by atoms with E-state index in [4.69, 9.17) is 11.6 Å². The number of benzene rings is 1. The molecule has 0 amide bonds. The Bertz CT molecular complexity index is 976. The van der Waals surface area contributed by atoms with Crippen molar-refractivity contribution < 1.29 is 0 Å². The van der Waals surface area contributed by atoms with Gasteiger partial charge in [0.25, 0.3) is 5.56 Å². The lowest BCUT2D eigenvalue weighted by Gasteiger charge is -2.11. The van der Waals surface area contributed by atoms with E-state index in [2.05, 4.69) is 15.4 Å². The van der Waals surface area contributed by atoms with Gasteiger partial charge in [-0.15, -0.1) is 0 Å². The Morgan fingerprint density at radius 2 is 2.00 bits per heavy atom. The Morgan fingerprint density at radius 1 is 1.15 bits per heavy atom.